The van der Waals surface area contributed by atoms with E-state index in [0.717, 1.165) is 16.5 Å². The lowest BCUT2D eigenvalue weighted by Gasteiger charge is -2.12. The van der Waals surface area contributed by atoms with Gasteiger partial charge in [0.2, 0.25) is 5.91 Å². The molecule has 1 aromatic carbocycles. The number of hydrogen-bond acceptors (Lipinski definition) is 3. The molecule has 1 saturated carbocycles. The molecule has 0 bridgehead atoms. The summed E-state index contributed by atoms with van der Waals surface area (Å²) in [6, 6.07) is 7.57. The van der Waals surface area contributed by atoms with Crippen LogP contribution in [-0.4, -0.2) is 22.0 Å². The topological polar surface area (TPSA) is 79.3 Å². The van der Waals surface area contributed by atoms with Crippen molar-refractivity contribution in [3.63, 3.8) is 0 Å². The fourth-order valence-electron chi connectivity index (χ4n) is 2.90. The molecule has 1 fully saturated rings. The largest absolute Gasteiger partial charge is 0.481 e. The van der Waals surface area contributed by atoms with Crippen LogP contribution in [0.3, 0.4) is 0 Å². The van der Waals surface area contributed by atoms with Crippen molar-refractivity contribution in [2.45, 2.75) is 19.3 Å². The molecule has 2 atom stereocenters. The van der Waals surface area contributed by atoms with Gasteiger partial charge in [0.05, 0.1) is 11.6 Å². The molecule has 3 rings (SSSR count). The Balaban J connectivity index is 1.77. The number of rotatable bonds is 3. The van der Waals surface area contributed by atoms with Crippen molar-refractivity contribution in [3.8, 4) is 0 Å². The summed E-state index contributed by atoms with van der Waals surface area (Å²) >= 11 is 0. The van der Waals surface area contributed by atoms with Crippen LogP contribution in [-0.2, 0) is 9.59 Å². The minimum Gasteiger partial charge on any atom is -0.481 e. The molecule has 5 heteroatoms. The maximum Gasteiger partial charge on any atom is 0.306 e. The Labute approximate surface area is 122 Å². The smallest absolute Gasteiger partial charge is 0.306 e. The fourth-order valence-corrected chi connectivity index (χ4v) is 2.90. The molecule has 0 radical (unpaired) electrons. The Hall–Kier alpha value is -2.43. The molecule has 108 valence electrons. The number of carboxylic acids is 1. The monoisotopic (exact) mass is 284 g/mol. The lowest BCUT2D eigenvalue weighted by Crippen LogP contribution is -2.21. The summed E-state index contributed by atoms with van der Waals surface area (Å²) in [5.41, 5.74) is 0.726. The highest BCUT2D eigenvalue weighted by atomic mass is 16.4. The highest BCUT2D eigenvalue weighted by Crippen LogP contribution is 2.32. The van der Waals surface area contributed by atoms with Crippen LogP contribution < -0.4 is 5.32 Å². The minimum absolute atomic E-state index is 0.102. The quantitative estimate of drug-likeness (QED) is 0.908. The van der Waals surface area contributed by atoms with E-state index in [1.54, 1.807) is 12.4 Å². The summed E-state index contributed by atoms with van der Waals surface area (Å²) in [7, 11) is 0. The van der Waals surface area contributed by atoms with Gasteiger partial charge in [-0.05, 0) is 36.8 Å². The molecular formula is C16H16N2O3. The average Bonchev–Trinajstić information content (AvgIpc) is 2.98. The second-order valence-electron chi connectivity index (χ2n) is 5.44. The van der Waals surface area contributed by atoms with E-state index in [1.807, 2.05) is 24.3 Å². The van der Waals surface area contributed by atoms with Crippen LogP contribution in [0.2, 0.25) is 0 Å². The van der Waals surface area contributed by atoms with E-state index in [1.165, 1.54) is 0 Å². The molecule has 21 heavy (non-hydrogen) atoms. The number of fused-ring (bicyclic) bond motifs is 1. The van der Waals surface area contributed by atoms with Gasteiger partial charge in [-0.1, -0.05) is 12.1 Å². The molecule has 0 spiro atoms. The fraction of sp³-hybridized carbons (Fsp3) is 0.312. The van der Waals surface area contributed by atoms with Gasteiger partial charge in [-0.15, -0.1) is 0 Å². The number of aliphatic carboxylic acids is 1. The van der Waals surface area contributed by atoms with Crippen LogP contribution in [0.15, 0.2) is 36.7 Å². The predicted octanol–water partition coefficient (Wildman–Crippen LogP) is 2.67. The van der Waals surface area contributed by atoms with Gasteiger partial charge in [0.1, 0.15) is 0 Å². The molecule has 0 aliphatic heterocycles. The number of carbonyl (C=O) groups is 2. The number of aromatic nitrogens is 1. The molecule has 1 heterocycles. The third-order valence-electron chi connectivity index (χ3n) is 4.09. The van der Waals surface area contributed by atoms with Crippen LogP contribution in [0, 0.1) is 11.8 Å². The highest BCUT2D eigenvalue weighted by Gasteiger charge is 2.33. The summed E-state index contributed by atoms with van der Waals surface area (Å²) in [6.07, 6.45) is 5.06. The molecule has 1 aliphatic rings. The number of benzene rings is 1. The van der Waals surface area contributed by atoms with Gasteiger partial charge in [0.25, 0.3) is 0 Å². The Morgan fingerprint density at radius 2 is 2.00 bits per heavy atom. The zero-order valence-electron chi connectivity index (χ0n) is 11.5. The van der Waals surface area contributed by atoms with Crippen molar-refractivity contribution in [1.82, 2.24) is 4.98 Å². The molecule has 1 amide bonds. The number of hydrogen-bond donors (Lipinski definition) is 2. The summed E-state index contributed by atoms with van der Waals surface area (Å²) in [4.78, 5) is 27.3. The second-order valence-corrected chi connectivity index (χ2v) is 5.44. The first-order chi connectivity index (χ1) is 10.1. The van der Waals surface area contributed by atoms with Crippen molar-refractivity contribution >= 4 is 28.3 Å². The number of nitrogens with one attached hydrogen (secondary N) is 1. The van der Waals surface area contributed by atoms with Gasteiger partial charge in [0.15, 0.2) is 0 Å². The van der Waals surface area contributed by atoms with Gasteiger partial charge in [-0.25, -0.2) is 0 Å². The normalized spacial score (nSPS) is 21.3. The van der Waals surface area contributed by atoms with Crippen LogP contribution >= 0.6 is 0 Å². The van der Waals surface area contributed by atoms with Crippen molar-refractivity contribution < 1.29 is 14.7 Å². The molecule has 1 aromatic heterocycles. The lowest BCUT2D eigenvalue weighted by molar-refractivity contribution is -0.141. The van der Waals surface area contributed by atoms with Crippen molar-refractivity contribution in [1.29, 1.82) is 0 Å². The van der Waals surface area contributed by atoms with Crippen molar-refractivity contribution in [2.75, 3.05) is 5.32 Å². The van der Waals surface area contributed by atoms with Crippen LogP contribution in [0.1, 0.15) is 19.3 Å². The van der Waals surface area contributed by atoms with Gasteiger partial charge in [0, 0.05) is 23.7 Å². The molecule has 2 N–H and O–H groups in total. The summed E-state index contributed by atoms with van der Waals surface area (Å²) in [5.74, 6) is -1.53. The third kappa shape index (κ3) is 2.72. The average molecular weight is 284 g/mol. The third-order valence-corrected chi connectivity index (χ3v) is 4.09. The van der Waals surface area contributed by atoms with Gasteiger partial charge in [-0.2, -0.15) is 0 Å². The summed E-state index contributed by atoms with van der Waals surface area (Å²) in [5, 5.41) is 13.8. The van der Waals surface area contributed by atoms with E-state index in [-0.39, 0.29) is 11.8 Å². The minimum atomic E-state index is -0.806. The van der Waals surface area contributed by atoms with Crippen molar-refractivity contribution in [2.24, 2.45) is 11.8 Å². The molecule has 2 aromatic rings. The Kier molecular flexibility index (Phi) is 3.56. The lowest BCUT2D eigenvalue weighted by atomic mass is 10.0. The van der Waals surface area contributed by atoms with E-state index in [4.69, 9.17) is 5.11 Å². The van der Waals surface area contributed by atoms with E-state index >= 15 is 0 Å². The van der Waals surface area contributed by atoms with Crippen LogP contribution in [0.25, 0.3) is 10.8 Å². The van der Waals surface area contributed by atoms with E-state index < -0.39 is 11.9 Å². The Bertz CT molecular complexity index is 693. The van der Waals surface area contributed by atoms with Crippen LogP contribution in [0.4, 0.5) is 5.69 Å². The van der Waals surface area contributed by atoms with Crippen molar-refractivity contribution in [3.05, 3.63) is 36.7 Å². The predicted molar refractivity (Wildman–Crippen MR) is 78.8 cm³/mol. The summed E-state index contributed by atoms with van der Waals surface area (Å²) < 4.78 is 0. The molecule has 1 aliphatic carbocycles. The van der Waals surface area contributed by atoms with E-state index in [9.17, 15) is 9.59 Å². The standard InChI is InChI=1S/C16H16N2O3/c19-15(11-4-5-12(8-11)16(20)21)18-14-3-1-2-10-6-7-17-9-13(10)14/h1-3,6-7,9,11-12H,4-5,8H2,(H,18,19)(H,20,21)/t11-,12+/m1/s1. The molecular weight excluding hydrogens is 268 g/mol. The maximum absolute atomic E-state index is 12.3. The zero-order chi connectivity index (χ0) is 14.8. The van der Waals surface area contributed by atoms with Gasteiger partial charge < -0.3 is 10.4 Å². The van der Waals surface area contributed by atoms with Gasteiger partial charge in [-0.3, -0.25) is 14.6 Å². The summed E-state index contributed by atoms with van der Waals surface area (Å²) in [6.45, 7) is 0. The number of pyridine rings is 1. The van der Waals surface area contributed by atoms with Crippen LogP contribution in [0.5, 0.6) is 0 Å². The highest BCUT2D eigenvalue weighted by molar-refractivity contribution is 6.02. The van der Waals surface area contributed by atoms with Gasteiger partial charge >= 0.3 is 5.97 Å². The second kappa shape index (κ2) is 5.52. The number of carbonyl (C=O) groups excluding carboxylic acids is 1. The first kappa shape index (κ1) is 13.5. The molecule has 0 saturated heterocycles. The number of carboxylic acid groups (broad SMARTS) is 1. The SMILES string of the molecule is O=C(O)[C@H]1CC[C@@H](C(=O)Nc2cccc3ccncc23)C1. The number of nitrogens with zero attached hydrogens (tertiary/aromatic N) is 1. The van der Waals surface area contributed by atoms with E-state index in [0.29, 0.717) is 19.3 Å². The number of amides is 1. The molecule has 0 unspecified atom stereocenters. The van der Waals surface area contributed by atoms with E-state index in [2.05, 4.69) is 10.3 Å². The first-order valence-corrected chi connectivity index (χ1v) is 7.01. The Morgan fingerprint density at radius 1 is 1.19 bits per heavy atom. The first-order valence-electron chi connectivity index (χ1n) is 7.01. The zero-order valence-corrected chi connectivity index (χ0v) is 11.5. The maximum atomic E-state index is 12.3. The Morgan fingerprint density at radius 3 is 2.76 bits per heavy atom. The number of anilines is 1. The molecule has 5 nitrogen and oxygen atoms in total.